The third kappa shape index (κ3) is 4.05. The van der Waals surface area contributed by atoms with E-state index in [-0.39, 0.29) is 17.7 Å². The van der Waals surface area contributed by atoms with Crippen LogP contribution in [0.4, 0.5) is 5.69 Å². The first-order valence-electron chi connectivity index (χ1n) is 7.60. The molecule has 1 aromatic rings. The van der Waals surface area contributed by atoms with Crippen LogP contribution in [0.25, 0.3) is 0 Å². The number of benzene rings is 1. The third-order valence-electron chi connectivity index (χ3n) is 3.99. The van der Waals surface area contributed by atoms with Crippen LogP contribution in [0.2, 0.25) is 0 Å². The van der Waals surface area contributed by atoms with Crippen molar-refractivity contribution < 1.29 is 9.59 Å². The number of nitrogens with zero attached hydrogens (tertiary/aromatic N) is 2. The second kappa shape index (κ2) is 7.38. The Morgan fingerprint density at radius 3 is 2.32 bits per heavy atom. The summed E-state index contributed by atoms with van der Waals surface area (Å²) in [5.74, 6) is -0.298. The number of piperazine rings is 1. The number of nitrogens with two attached hydrogens (primary N) is 1. The van der Waals surface area contributed by atoms with Gasteiger partial charge in [-0.3, -0.25) is 9.59 Å². The monoisotopic (exact) mass is 304 g/mol. The Hall–Kier alpha value is -1.92. The van der Waals surface area contributed by atoms with E-state index >= 15 is 0 Å². The van der Waals surface area contributed by atoms with Crippen molar-refractivity contribution in [2.45, 2.75) is 6.92 Å². The molecule has 0 aliphatic carbocycles. The van der Waals surface area contributed by atoms with Crippen LogP contribution < -0.4 is 11.1 Å². The predicted octanol–water partition coefficient (Wildman–Crippen LogP) is 0.608. The van der Waals surface area contributed by atoms with E-state index in [0.29, 0.717) is 17.8 Å². The molecule has 0 bridgehead atoms. The normalized spacial score (nSPS) is 17.1. The molecule has 120 valence electrons. The Labute approximate surface area is 131 Å². The molecule has 6 nitrogen and oxygen atoms in total. The number of carbonyl (C=O) groups is 2. The number of likely N-dealkylation sites (N-methyl/N-ethyl adjacent to an activating group) is 1. The fraction of sp³-hybridized carbons (Fsp3) is 0.500. The van der Waals surface area contributed by atoms with Crippen LogP contribution in [-0.4, -0.2) is 61.4 Å². The molecule has 1 heterocycles. The maximum absolute atomic E-state index is 12.4. The fourth-order valence-electron chi connectivity index (χ4n) is 2.26. The molecule has 1 fully saturated rings. The largest absolute Gasteiger partial charge is 0.336 e. The van der Waals surface area contributed by atoms with Crippen LogP contribution in [0, 0.1) is 5.92 Å². The molecular weight excluding hydrogens is 280 g/mol. The Morgan fingerprint density at radius 1 is 1.18 bits per heavy atom. The van der Waals surface area contributed by atoms with E-state index < -0.39 is 0 Å². The smallest absolute Gasteiger partial charge is 0.253 e. The van der Waals surface area contributed by atoms with E-state index in [1.54, 1.807) is 31.2 Å². The summed E-state index contributed by atoms with van der Waals surface area (Å²) >= 11 is 0. The van der Waals surface area contributed by atoms with E-state index in [1.165, 1.54) is 0 Å². The number of hydrogen-bond donors (Lipinski definition) is 2. The topological polar surface area (TPSA) is 78.7 Å². The molecule has 2 rings (SSSR count). The van der Waals surface area contributed by atoms with Gasteiger partial charge in [0.1, 0.15) is 0 Å². The van der Waals surface area contributed by atoms with Crippen molar-refractivity contribution in [3.05, 3.63) is 29.8 Å². The number of rotatable bonds is 4. The molecule has 1 saturated heterocycles. The van der Waals surface area contributed by atoms with E-state index in [0.717, 1.165) is 26.2 Å². The van der Waals surface area contributed by atoms with Gasteiger partial charge in [-0.2, -0.15) is 0 Å². The lowest BCUT2D eigenvalue weighted by Crippen LogP contribution is -2.47. The van der Waals surface area contributed by atoms with E-state index in [2.05, 4.69) is 17.3 Å². The molecule has 0 aromatic heterocycles. The summed E-state index contributed by atoms with van der Waals surface area (Å²) in [5, 5.41) is 2.79. The average Bonchev–Trinajstić information content (AvgIpc) is 2.54. The summed E-state index contributed by atoms with van der Waals surface area (Å²) in [6, 6.07) is 7.02. The van der Waals surface area contributed by atoms with Crippen molar-refractivity contribution >= 4 is 17.5 Å². The van der Waals surface area contributed by atoms with Crippen molar-refractivity contribution in [2.75, 3.05) is 45.1 Å². The van der Waals surface area contributed by atoms with Crippen molar-refractivity contribution in [1.82, 2.24) is 9.80 Å². The first kappa shape index (κ1) is 16.5. The molecule has 1 aliphatic rings. The van der Waals surface area contributed by atoms with Gasteiger partial charge in [-0.1, -0.05) is 6.92 Å². The molecule has 1 aliphatic heterocycles. The SMILES string of the molecule is CC(CN)C(=O)Nc1ccc(C(=O)N2CCN(C)CC2)cc1. The minimum atomic E-state index is -0.230. The van der Waals surface area contributed by atoms with Gasteiger partial charge < -0.3 is 20.9 Å². The van der Waals surface area contributed by atoms with Crippen LogP contribution in [0.3, 0.4) is 0 Å². The van der Waals surface area contributed by atoms with Gasteiger partial charge in [-0.05, 0) is 31.3 Å². The molecule has 6 heteroatoms. The fourth-order valence-corrected chi connectivity index (χ4v) is 2.26. The Kier molecular flexibility index (Phi) is 5.51. The number of hydrogen-bond acceptors (Lipinski definition) is 4. The highest BCUT2D eigenvalue weighted by molar-refractivity contribution is 5.96. The molecule has 2 amide bonds. The molecule has 1 unspecified atom stereocenters. The van der Waals surface area contributed by atoms with Gasteiger partial charge >= 0.3 is 0 Å². The van der Waals surface area contributed by atoms with Gasteiger partial charge in [0, 0.05) is 49.9 Å². The summed E-state index contributed by atoms with van der Waals surface area (Å²) in [6.45, 7) is 5.39. The van der Waals surface area contributed by atoms with Gasteiger partial charge in [0.25, 0.3) is 5.91 Å². The number of anilines is 1. The van der Waals surface area contributed by atoms with Crippen molar-refractivity contribution in [3.8, 4) is 0 Å². The van der Waals surface area contributed by atoms with E-state index in [1.807, 2.05) is 4.90 Å². The quantitative estimate of drug-likeness (QED) is 0.854. The second-order valence-electron chi connectivity index (χ2n) is 5.80. The predicted molar refractivity (Wildman–Crippen MR) is 86.7 cm³/mol. The molecule has 0 radical (unpaired) electrons. The summed E-state index contributed by atoms with van der Waals surface area (Å²) in [7, 11) is 2.06. The molecule has 22 heavy (non-hydrogen) atoms. The summed E-state index contributed by atoms with van der Waals surface area (Å²) in [5.41, 5.74) is 6.80. The second-order valence-corrected chi connectivity index (χ2v) is 5.80. The van der Waals surface area contributed by atoms with E-state index in [4.69, 9.17) is 5.73 Å². The number of nitrogens with one attached hydrogen (secondary N) is 1. The lowest BCUT2D eigenvalue weighted by atomic mass is 10.1. The highest BCUT2D eigenvalue weighted by atomic mass is 16.2. The van der Waals surface area contributed by atoms with Crippen molar-refractivity contribution in [1.29, 1.82) is 0 Å². The molecule has 1 aromatic carbocycles. The Balaban J connectivity index is 1.96. The van der Waals surface area contributed by atoms with Gasteiger partial charge in [0.15, 0.2) is 0 Å². The number of amides is 2. The summed E-state index contributed by atoms with van der Waals surface area (Å²) in [6.07, 6.45) is 0. The molecule has 3 N–H and O–H groups in total. The first-order chi connectivity index (χ1) is 10.5. The highest BCUT2D eigenvalue weighted by Gasteiger charge is 2.20. The van der Waals surface area contributed by atoms with Crippen LogP contribution in [0.5, 0.6) is 0 Å². The first-order valence-corrected chi connectivity index (χ1v) is 7.60. The lowest BCUT2D eigenvalue weighted by Gasteiger charge is -2.32. The van der Waals surface area contributed by atoms with Crippen LogP contribution >= 0.6 is 0 Å². The minimum absolute atomic E-state index is 0.0429. The standard InChI is InChI=1S/C16H24N4O2/c1-12(11-17)15(21)18-14-5-3-13(4-6-14)16(22)20-9-7-19(2)8-10-20/h3-6,12H,7-11,17H2,1-2H3,(H,18,21). The molecule has 0 spiro atoms. The summed E-state index contributed by atoms with van der Waals surface area (Å²) in [4.78, 5) is 28.2. The summed E-state index contributed by atoms with van der Waals surface area (Å²) < 4.78 is 0. The third-order valence-corrected chi connectivity index (χ3v) is 3.99. The highest BCUT2D eigenvalue weighted by Crippen LogP contribution is 2.13. The minimum Gasteiger partial charge on any atom is -0.336 e. The maximum Gasteiger partial charge on any atom is 0.253 e. The zero-order valence-corrected chi connectivity index (χ0v) is 13.2. The molecule has 1 atom stereocenters. The number of carbonyl (C=O) groups excluding carboxylic acids is 2. The molecular formula is C16H24N4O2. The van der Waals surface area contributed by atoms with Gasteiger partial charge in [0.2, 0.25) is 5.91 Å². The van der Waals surface area contributed by atoms with Crippen LogP contribution in [0.1, 0.15) is 17.3 Å². The lowest BCUT2D eigenvalue weighted by molar-refractivity contribution is -0.119. The maximum atomic E-state index is 12.4. The van der Waals surface area contributed by atoms with Crippen molar-refractivity contribution in [3.63, 3.8) is 0 Å². The van der Waals surface area contributed by atoms with Gasteiger partial charge in [-0.25, -0.2) is 0 Å². The zero-order chi connectivity index (χ0) is 16.1. The Bertz CT molecular complexity index is 521. The van der Waals surface area contributed by atoms with Gasteiger partial charge in [0.05, 0.1) is 0 Å². The Morgan fingerprint density at radius 2 is 1.77 bits per heavy atom. The van der Waals surface area contributed by atoms with E-state index in [9.17, 15) is 9.59 Å². The van der Waals surface area contributed by atoms with Gasteiger partial charge in [-0.15, -0.1) is 0 Å². The van der Waals surface area contributed by atoms with Crippen LogP contribution in [-0.2, 0) is 4.79 Å². The average molecular weight is 304 g/mol. The van der Waals surface area contributed by atoms with Crippen LogP contribution in [0.15, 0.2) is 24.3 Å². The molecule has 0 saturated carbocycles. The zero-order valence-electron chi connectivity index (χ0n) is 13.2. The van der Waals surface area contributed by atoms with Crippen molar-refractivity contribution in [2.24, 2.45) is 11.7 Å².